The maximum atomic E-state index is 14.8. The van der Waals surface area contributed by atoms with Crippen molar-refractivity contribution >= 4 is 31.0 Å². The molecule has 366 valence electrons. The van der Waals surface area contributed by atoms with Crippen LogP contribution in [0.4, 0.5) is 4.53 Å². The highest BCUT2D eigenvalue weighted by molar-refractivity contribution is 7.48. The van der Waals surface area contributed by atoms with Crippen molar-refractivity contribution in [1.29, 1.82) is 0 Å². The molecule has 0 saturated heterocycles. The monoisotopic (exact) mass is 978 g/mol. The van der Waals surface area contributed by atoms with Gasteiger partial charge < -0.3 is 38.2 Å². The zero-order valence-electron chi connectivity index (χ0n) is 40.1. The van der Waals surface area contributed by atoms with Crippen LogP contribution in [0.2, 0.25) is 0 Å². The van der Waals surface area contributed by atoms with E-state index in [0.29, 0.717) is 37.4 Å². The van der Waals surface area contributed by atoms with Gasteiger partial charge in [0, 0.05) is 35.7 Å². The van der Waals surface area contributed by atoms with E-state index in [1.54, 1.807) is 41.9 Å². The molecule has 66 heavy (non-hydrogen) atoms. The second kappa shape index (κ2) is 28.1. The van der Waals surface area contributed by atoms with Gasteiger partial charge in [0.15, 0.2) is 12.6 Å². The van der Waals surface area contributed by atoms with Gasteiger partial charge in [-0.05, 0) is 131 Å². The Hall–Kier alpha value is -3.46. The normalized spacial score (nSPS) is 16.4. The summed E-state index contributed by atoms with van der Waals surface area (Å²) in [7, 11) is 5.72. The van der Waals surface area contributed by atoms with Crippen molar-refractivity contribution in [2.24, 2.45) is 11.8 Å². The van der Waals surface area contributed by atoms with Crippen LogP contribution in [0.3, 0.4) is 0 Å². The van der Waals surface area contributed by atoms with E-state index in [0.717, 1.165) is 46.6 Å². The van der Waals surface area contributed by atoms with E-state index in [-0.39, 0.29) is 13.2 Å². The van der Waals surface area contributed by atoms with Gasteiger partial charge in [-0.25, -0.2) is 4.57 Å². The van der Waals surface area contributed by atoms with Crippen molar-refractivity contribution in [1.82, 2.24) is 9.80 Å². The number of benzene rings is 4. The molecule has 0 amide bonds. The number of hydrogen-bond donors (Lipinski definition) is 0. The number of aryl methyl sites for hydroxylation is 4. The van der Waals surface area contributed by atoms with Gasteiger partial charge in [0.25, 0.3) is 0 Å². The van der Waals surface area contributed by atoms with Crippen LogP contribution in [0.25, 0.3) is 0 Å². The molecule has 0 fully saturated rings. The van der Waals surface area contributed by atoms with Gasteiger partial charge in [-0.3, -0.25) is 9.05 Å². The van der Waals surface area contributed by atoms with E-state index in [9.17, 15) is 9.09 Å². The average molecular weight is 980 g/mol. The molecule has 12 nitrogen and oxygen atoms in total. The van der Waals surface area contributed by atoms with Crippen LogP contribution in [-0.4, -0.2) is 114 Å². The van der Waals surface area contributed by atoms with Crippen molar-refractivity contribution in [3.8, 4) is 23.0 Å². The van der Waals surface area contributed by atoms with Gasteiger partial charge in [0.05, 0.1) is 14.2 Å². The van der Waals surface area contributed by atoms with Gasteiger partial charge in [0.2, 0.25) is 0 Å². The van der Waals surface area contributed by atoms with Gasteiger partial charge in [-0.2, -0.15) is 0 Å². The summed E-state index contributed by atoms with van der Waals surface area (Å²) in [6.07, 6.45) is -1.14. The molecule has 0 heterocycles. The first-order chi connectivity index (χ1) is 31.5. The number of para-hydroxylation sites is 2. The molecule has 0 radical (unpaired) electrons. The van der Waals surface area contributed by atoms with Gasteiger partial charge in [-0.1, -0.05) is 79.2 Å². The first-order valence-corrected chi connectivity index (χ1v) is 24.7. The Labute approximate surface area is 402 Å². The van der Waals surface area contributed by atoms with Crippen LogP contribution < -0.4 is 18.9 Å². The zero-order chi connectivity index (χ0) is 48.2. The molecule has 16 heteroatoms. The molecule has 0 aliphatic carbocycles. The van der Waals surface area contributed by atoms with E-state index in [1.807, 2.05) is 123 Å². The third-order valence-electron chi connectivity index (χ3n) is 11.1. The molecular weight excluding hydrogens is 909 g/mol. The Bertz CT molecular complexity index is 1930. The molecule has 0 bridgehead atoms. The number of phosphoric acid groups is 1. The Morgan fingerprint density at radius 2 is 0.970 bits per heavy atom. The first-order valence-electron chi connectivity index (χ1n) is 22.4. The second-order valence-electron chi connectivity index (χ2n) is 17.1. The van der Waals surface area contributed by atoms with E-state index in [4.69, 9.17) is 60.7 Å². The number of phosphoric ester groups is 1. The van der Waals surface area contributed by atoms with Crippen LogP contribution in [0.15, 0.2) is 97.1 Å². The maximum absolute atomic E-state index is 14.8. The quantitative estimate of drug-likeness (QED) is 0.0272. The molecule has 0 aromatic heterocycles. The number of methoxy groups -OCH3 is 2. The van der Waals surface area contributed by atoms with Gasteiger partial charge >= 0.3 is 7.82 Å². The lowest BCUT2D eigenvalue weighted by Crippen LogP contribution is -2.42. The molecule has 0 aliphatic rings. The summed E-state index contributed by atoms with van der Waals surface area (Å²) in [5.74, 6) is 1.68. The Morgan fingerprint density at radius 3 is 1.32 bits per heavy atom. The minimum absolute atomic E-state index is 0.0715. The summed E-state index contributed by atoms with van der Waals surface area (Å²) >= 11 is 13.2. The number of alkyl halides is 2. The third-order valence-corrected chi connectivity index (χ3v) is 13.0. The standard InChI is InChI=1S/C50H70Cl2FN2O10P/c1-35(37(3)51)49(61-45(31-54(5)6)33-59-47-23-13-11-19-41(47)27-25-39-17-15-21-43(29-39)57-9)63-66(56,65-53)64-50(36(2)38(4)52)62-46(32-55(7)8)34-60-48-24-14-12-20-42(48)28-26-40-18-16-22-44(30-40)58-10/h11-24,29-30,35-38,45-46,49-50H,25-28,31-34H2,1-10H3/t35-,36-,37+,38+,45+,46+,49+,50+/m0/s1. The van der Waals surface area contributed by atoms with Crippen LogP contribution in [0.5, 0.6) is 23.0 Å². The smallest absolute Gasteiger partial charge is 0.497 e. The molecule has 0 N–H and O–H groups in total. The van der Waals surface area contributed by atoms with Crippen LogP contribution in [0.1, 0.15) is 49.9 Å². The van der Waals surface area contributed by atoms with Crippen molar-refractivity contribution in [3.63, 3.8) is 0 Å². The fourth-order valence-corrected chi connectivity index (χ4v) is 8.32. The lowest BCUT2D eigenvalue weighted by Gasteiger charge is -2.35. The predicted molar refractivity (Wildman–Crippen MR) is 260 cm³/mol. The lowest BCUT2D eigenvalue weighted by atomic mass is 10.0. The summed E-state index contributed by atoms with van der Waals surface area (Å²) < 4.78 is 81.8. The lowest BCUT2D eigenvalue weighted by molar-refractivity contribution is -0.208. The maximum Gasteiger partial charge on any atom is 0.510 e. The average Bonchev–Trinajstić information content (AvgIpc) is 3.30. The SMILES string of the molecule is COc1cccc(CCc2ccccc2OC[C@@H](CN(C)C)O[C@H](OP(=O)(OF)O[C@@H](O[C@@H](COc2ccccc2CCc2cccc(OC)c2)CN(C)C)[C@@H](C)[C@@H](C)Cl)[C@@H](C)[C@@H](C)Cl)c1. The second-order valence-corrected chi connectivity index (χ2v) is 19.9. The number of hydrogen-bond acceptors (Lipinski definition) is 12. The third kappa shape index (κ3) is 18.6. The van der Waals surface area contributed by atoms with E-state index in [1.165, 1.54) is 0 Å². The van der Waals surface area contributed by atoms with Crippen LogP contribution in [-0.2, 0) is 53.5 Å². The Balaban J connectivity index is 1.51. The molecule has 0 unspecified atom stereocenters. The molecule has 4 rings (SSSR count). The summed E-state index contributed by atoms with van der Waals surface area (Å²) in [5.41, 5.74) is 4.27. The molecule has 0 spiro atoms. The van der Waals surface area contributed by atoms with Crippen LogP contribution >= 0.6 is 31.0 Å². The molecule has 4 aromatic carbocycles. The van der Waals surface area contributed by atoms with E-state index >= 15 is 0 Å². The fraction of sp³-hybridized carbons (Fsp3) is 0.520. The zero-order valence-corrected chi connectivity index (χ0v) is 42.5. The highest BCUT2D eigenvalue weighted by Crippen LogP contribution is 2.54. The molecular formula is C50H70Cl2FN2O10P. The summed E-state index contributed by atoms with van der Waals surface area (Å²) in [6.45, 7) is 7.81. The number of nitrogens with zero attached hydrogens (tertiary/aromatic N) is 2. The summed E-state index contributed by atoms with van der Waals surface area (Å²) in [5, 5.41) is -1.15. The van der Waals surface area contributed by atoms with Crippen molar-refractivity contribution in [3.05, 3.63) is 119 Å². The first kappa shape index (κ1) is 55.1. The van der Waals surface area contributed by atoms with Crippen LogP contribution in [0, 0.1) is 11.8 Å². The Morgan fingerprint density at radius 1 is 0.576 bits per heavy atom. The molecule has 0 aliphatic heterocycles. The van der Waals surface area contributed by atoms with Crippen molar-refractivity contribution in [2.75, 3.05) is 68.7 Å². The van der Waals surface area contributed by atoms with Crippen molar-refractivity contribution in [2.45, 2.75) is 88.9 Å². The van der Waals surface area contributed by atoms with Gasteiger partial charge in [0.1, 0.15) is 48.4 Å². The molecule has 4 aromatic rings. The predicted octanol–water partition coefficient (Wildman–Crippen LogP) is 10.8. The minimum Gasteiger partial charge on any atom is -0.497 e. The van der Waals surface area contributed by atoms with Crippen molar-refractivity contribution < 1.29 is 51.3 Å². The highest BCUT2D eigenvalue weighted by Gasteiger charge is 2.43. The summed E-state index contributed by atoms with van der Waals surface area (Å²) in [4.78, 5) is 3.82. The molecule has 8 atom stereocenters. The van der Waals surface area contributed by atoms with Gasteiger partial charge in [-0.15, -0.1) is 23.2 Å². The fourth-order valence-electron chi connectivity index (χ4n) is 6.98. The number of ether oxygens (including phenoxy) is 6. The largest absolute Gasteiger partial charge is 0.510 e. The van der Waals surface area contributed by atoms with E-state index in [2.05, 4.69) is 16.9 Å². The number of likely N-dealkylation sites (N-methyl/N-ethyl adjacent to an activating group) is 2. The Kier molecular flexibility index (Phi) is 23.5. The number of rotatable bonds is 31. The topological polar surface area (TPSA) is 107 Å². The highest BCUT2D eigenvalue weighted by atomic mass is 35.5. The molecule has 0 saturated carbocycles. The van der Waals surface area contributed by atoms with E-state index < -0.39 is 55.2 Å². The summed E-state index contributed by atoms with van der Waals surface area (Å²) in [6, 6.07) is 31.5. The minimum atomic E-state index is -5.10. The number of halogens is 3.